The number of rotatable bonds is 7. The SMILES string of the molecule is CCOCCn1cc(C2CCN(S(=O)(=O)c3ccccc3C(F)(F)F)CC2)c2ccccc21. The summed E-state index contributed by atoms with van der Waals surface area (Å²) in [7, 11) is -4.24. The molecule has 0 aliphatic carbocycles. The minimum Gasteiger partial charge on any atom is -0.380 e. The number of hydrogen-bond donors (Lipinski definition) is 0. The van der Waals surface area contributed by atoms with Crippen LogP contribution in [0.4, 0.5) is 13.2 Å². The Morgan fingerprint density at radius 1 is 1.03 bits per heavy atom. The van der Waals surface area contributed by atoms with E-state index in [9.17, 15) is 21.6 Å². The third-order valence-corrected chi connectivity index (χ3v) is 8.16. The molecule has 0 amide bonds. The fraction of sp³-hybridized carbons (Fsp3) is 0.417. The van der Waals surface area contributed by atoms with Crippen LogP contribution >= 0.6 is 0 Å². The van der Waals surface area contributed by atoms with Crippen LogP contribution in [0.25, 0.3) is 10.9 Å². The third kappa shape index (κ3) is 4.81. The Morgan fingerprint density at radius 3 is 2.39 bits per heavy atom. The van der Waals surface area contributed by atoms with Gasteiger partial charge in [0.2, 0.25) is 10.0 Å². The number of hydrogen-bond acceptors (Lipinski definition) is 3. The summed E-state index contributed by atoms with van der Waals surface area (Å²) >= 11 is 0. The molecule has 4 rings (SSSR count). The monoisotopic (exact) mass is 480 g/mol. The zero-order chi connectivity index (χ0) is 23.6. The Bertz CT molecular complexity index is 1210. The van der Waals surface area contributed by atoms with Crippen LogP contribution < -0.4 is 0 Å². The number of fused-ring (bicyclic) bond motifs is 1. The van der Waals surface area contributed by atoms with Gasteiger partial charge in [-0.15, -0.1) is 0 Å². The van der Waals surface area contributed by atoms with Crippen LogP contribution in [0.5, 0.6) is 0 Å². The van der Waals surface area contributed by atoms with Gasteiger partial charge in [-0.2, -0.15) is 17.5 Å². The Kier molecular flexibility index (Phi) is 6.83. The van der Waals surface area contributed by atoms with Crippen molar-refractivity contribution in [3.63, 3.8) is 0 Å². The lowest BCUT2D eigenvalue weighted by Crippen LogP contribution is -2.38. The first-order valence-electron chi connectivity index (χ1n) is 11.1. The van der Waals surface area contributed by atoms with Gasteiger partial charge in [0.25, 0.3) is 0 Å². The van der Waals surface area contributed by atoms with Crippen molar-refractivity contribution in [2.24, 2.45) is 0 Å². The van der Waals surface area contributed by atoms with E-state index < -0.39 is 26.7 Å². The van der Waals surface area contributed by atoms with Crippen molar-refractivity contribution in [2.75, 3.05) is 26.3 Å². The van der Waals surface area contributed by atoms with Crippen molar-refractivity contribution in [1.29, 1.82) is 0 Å². The predicted molar refractivity (Wildman–Crippen MR) is 121 cm³/mol. The first kappa shape index (κ1) is 23.8. The van der Waals surface area contributed by atoms with Gasteiger partial charge in [0, 0.05) is 43.3 Å². The normalized spacial score (nSPS) is 16.5. The number of para-hydroxylation sites is 1. The maximum Gasteiger partial charge on any atom is 0.417 e. The summed E-state index contributed by atoms with van der Waals surface area (Å²) in [5.41, 5.74) is 1.13. The molecule has 1 aliphatic heterocycles. The second-order valence-corrected chi connectivity index (χ2v) is 10.1. The largest absolute Gasteiger partial charge is 0.417 e. The van der Waals surface area contributed by atoms with Crippen molar-refractivity contribution in [1.82, 2.24) is 8.87 Å². The molecule has 0 saturated carbocycles. The van der Waals surface area contributed by atoms with Gasteiger partial charge in [0.1, 0.15) is 0 Å². The molecule has 2 aromatic carbocycles. The van der Waals surface area contributed by atoms with E-state index >= 15 is 0 Å². The summed E-state index contributed by atoms with van der Waals surface area (Å²) in [6, 6.07) is 12.5. The maximum atomic E-state index is 13.4. The molecule has 5 nitrogen and oxygen atoms in total. The van der Waals surface area contributed by atoms with Crippen LogP contribution in [0, 0.1) is 0 Å². The standard InChI is InChI=1S/C24H27F3N2O3S/c1-2-32-16-15-28-17-20(19-7-3-5-9-22(19)28)18-11-13-29(14-12-18)33(30,31)23-10-6-4-8-21(23)24(25,26)27/h3-10,17-18H,2,11-16H2,1H3. The number of halogens is 3. The van der Waals surface area contributed by atoms with Gasteiger partial charge < -0.3 is 9.30 Å². The molecule has 2 heterocycles. The molecule has 1 aromatic heterocycles. The highest BCUT2D eigenvalue weighted by molar-refractivity contribution is 7.89. The highest BCUT2D eigenvalue weighted by Gasteiger charge is 2.39. The molecule has 9 heteroatoms. The molecule has 0 unspecified atom stereocenters. The Labute approximate surface area is 191 Å². The van der Waals surface area contributed by atoms with E-state index in [2.05, 4.69) is 22.9 Å². The summed E-state index contributed by atoms with van der Waals surface area (Å²) in [5.74, 6) is 0.132. The van der Waals surface area contributed by atoms with Gasteiger partial charge in [-0.05, 0) is 49.4 Å². The second kappa shape index (κ2) is 9.48. The number of benzene rings is 2. The predicted octanol–water partition coefficient (Wildman–Crippen LogP) is 5.26. The van der Waals surface area contributed by atoms with Gasteiger partial charge in [0.15, 0.2) is 0 Å². The minimum absolute atomic E-state index is 0.132. The van der Waals surface area contributed by atoms with Crippen LogP contribution in [0.3, 0.4) is 0 Å². The zero-order valence-electron chi connectivity index (χ0n) is 18.4. The fourth-order valence-corrected chi connectivity index (χ4v) is 6.25. The van der Waals surface area contributed by atoms with Gasteiger partial charge in [0.05, 0.1) is 17.1 Å². The number of aromatic nitrogens is 1. The lowest BCUT2D eigenvalue weighted by Gasteiger charge is -2.31. The molecular weight excluding hydrogens is 453 g/mol. The zero-order valence-corrected chi connectivity index (χ0v) is 19.2. The number of ether oxygens (including phenoxy) is 1. The van der Waals surface area contributed by atoms with Crippen molar-refractivity contribution in [3.8, 4) is 0 Å². The van der Waals surface area contributed by atoms with Crippen molar-refractivity contribution >= 4 is 20.9 Å². The van der Waals surface area contributed by atoms with Crippen LogP contribution in [-0.2, 0) is 27.5 Å². The highest BCUT2D eigenvalue weighted by Crippen LogP contribution is 2.38. The van der Waals surface area contributed by atoms with E-state index in [1.165, 1.54) is 16.4 Å². The molecular formula is C24H27F3N2O3S. The Morgan fingerprint density at radius 2 is 1.70 bits per heavy atom. The molecule has 1 fully saturated rings. The summed E-state index contributed by atoms with van der Waals surface area (Å²) < 4.78 is 75.2. The van der Waals surface area contributed by atoms with Crippen molar-refractivity contribution in [3.05, 3.63) is 65.9 Å². The number of piperidine rings is 1. The van der Waals surface area contributed by atoms with Gasteiger partial charge in [-0.25, -0.2) is 8.42 Å². The number of alkyl halides is 3. The van der Waals surface area contributed by atoms with Crippen molar-refractivity contribution < 1.29 is 26.3 Å². The first-order chi connectivity index (χ1) is 15.7. The fourth-order valence-electron chi connectivity index (χ4n) is 4.56. The van der Waals surface area contributed by atoms with Crippen LogP contribution in [0.15, 0.2) is 59.6 Å². The summed E-state index contributed by atoms with van der Waals surface area (Å²) in [5, 5.41) is 1.12. The average molecular weight is 481 g/mol. The van der Waals surface area contributed by atoms with Gasteiger partial charge >= 0.3 is 6.18 Å². The van der Waals surface area contributed by atoms with Gasteiger partial charge in [-0.3, -0.25) is 0 Å². The molecule has 0 bridgehead atoms. The molecule has 0 atom stereocenters. The lowest BCUT2D eigenvalue weighted by atomic mass is 9.90. The summed E-state index contributed by atoms with van der Waals surface area (Å²) in [4.78, 5) is -0.677. The minimum atomic E-state index is -4.73. The van der Waals surface area contributed by atoms with Crippen LogP contribution in [-0.4, -0.2) is 43.6 Å². The van der Waals surface area contributed by atoms with E-state index in [1.54, 1.807) is 0 Å². The first-order valence-corrected chi connectivity index (χ1v) is 12.5. The Balaban J connectivity index is 1.55. The molecule has 178 valence electrons. The van der Waals surface area contributed by atoms with E-state index in [0.717, 1.165) is 35.1 Å². The molecule has 0 spiro atoms. The summed E-state index contributed by atoms with van der Waals surface area (Å²) in [6.45, 7) is 4.28. The molecule has 3 aromatic rings. The van der Waals surface area contributed by atoms with E-state index in [0.29, 0.717) is 26.1 Å². The Hall–Kier alpha value is -2.36. The lowest BCUT2D eigenvalue weighted by molar-refractivity contribution is -0.139. The highest BCUT2D eigenvalue weighted by atomic mass is 32.2. The van der Waals surface area contributed by atoms with Crippen LogP contribution in [0.2, 0.25) is 0 Å². The van der Waals surface area contributed by atoms with E-state index in [4.69, 9.17) is 4.74 Å². The van der Waals surface area contributed by atoms with Crippen LogP contribution in [0.1, 0.15) is 36.8 Å². The van der Waals surface area contributed by atoms with E-state index in [-0.39, 0.29) is 19.0 Å². The smallest absolute Gasteiger partial charge is 0.380 e. The third-order valence-electron chi connectivity index (χ3n) is 6.20. The number of nitrogens with zero attached hydrogens (tertiary/aromatic N) is 2. The maximum absolute atomic E-state index is 13.4. The molecule has 1 saturated heterocycles. The molecule has 33 heavy (non-hydrogen) atoms. The van der Waals surface area contributed by atoms with Crippen molar-refractivity contribution in [2.45, 2.75) is 43.3 Å². The molecule has 0 radical (unpaired) electrons. The topological polar surface area (TPSA) is 51.5 Å². The quantitative estimate of drug-likeness (QED) is 0.433. The van der Waals surface area contributed by atoms with Gasteiger partial charge in [-0.1, -0.05) is 30.3 Å². The molecule has 0 N–H and O–H groups in total. The summed E-state index contributed by atoms with van der Waals surface area (Å²) in [6.07, 6.45) is -1.53. The second-order valence-electron chi connectivity index (χ2n) is 8.16. The van der Waals surface area contributed by atoms with E-state index in [1.807, 2.05) is 19.1 Å². The molecule has 1 aliphatic rings. The average Bonchev–Trinajstić information content (AvgIpc) is 3.17. The number of sulfonamides is 1.